The van der Waals surface area contributed by atoms with E-state index in [0.29, 0.717) is 6.61 Å². The van der Waals surface area contributed by atoms with E-state index in [-0.39, 0.29) is 0 Å². The number of rotatable bonds is 9. The van der Waals surface area contributed by atoms with Crippen molar-refractivity contribution < 1.29 is 9.15 Å². The van der Waals surface area contributed by atoms with Crippen LogP contribution in [-0.2, 0) is 6.54 Å². The molecular formula is C26H26N2O2. The summed E-state index contributed by atoms with van der Waals surface area (Å²) in [6, 6.07) is 20.2. The molecule has 0 bridgehead atoms. The fraction of sp³-hybridized carbons (Fsp3) is 0.192. The van der Waals surface area contributed by atoms with Gasteiger partial charge in [0.15, 0.2) is 0 Å². The number of nitrogens with one attached hydrogen (secondary N) is 1. The molecule has 30 heavy (non-hydrogen) atoms. The van der Waals surface area contributed by atoms with E-state index in [2.05, 4.69) is 41.5 Å². The standard InChI is InChI=1S/C26H26N2O2/c1-20-23(14-13-21-8-3-2-4-9-21)30-25-12-5-11-24(26(20)25)29-17-7-16-28-19-22-10-6-15-27-18-22/h2-6,8-15,18,28H,7,16-17,19H2,1H3. The number of pyridine rings is 1. The molecule has 0 saturated carbocycles. The second-order valence-corrected chi connectivity index (χ2v) is 7.20. The first-order valence-electron chi connectivity index (χ1n) is 10.3. The highest BCUT2D eigenvalue weighted by Crippen LogP contribution is 2.34. The molecule has 0 aliphatic carbocycles. The highest BCUT2D eigenvalue weighted by Gasteiger charge is 2.13. The summed E-state index contributed by atoms with van der Waals surface area (Å²) in [6.45, 7) is 4.44. The minimum Gasteiger partial charge on any atom is -0.493 e. The SMILES string of the molecule is Cc1c(C=Cc2ccccc2)oc2cccc(OCCCNCc3cccnc3)c12. The maximum atomic E-state index is 6.09. The second-order valence-electron chi connectivity index (χ2n) is 7.20. The minimum atomic E-state index is 0.652. The number of ether oxygens (including phenoxy) is 1. The average Bonchev–Trinajstić information content (AvgIpc) is 3.12. The van der Waals surface area contributed by atoms with Crippen molar-refractivity contribution in [3.63, 3.8) is 0 Å². The molecule has 0 saturated heterocycles. The topological polar surface area (TPSA) is 47.3 Å². The van der Waals surface area contributed by atoms with E-state index in [9.17, 15) is 0 Å². The number of hydrogen-bond donors (Lipinski definition) is 1. The minimum absolute atomic E-state index is 0.652. The molecule has 152 valence electrons. The van der Waals surface area contributed by atoms with E-state index in [1.54, 1.807) is 6.20 Å². The Morgan fingerprint density at radius 1 is 1.00 bits per heavy atom. The van der Waals surface area contributed by atoms with Gasteiger partial charge in [0.05, 0.1) is 12.0 Å². The molecule has 0 aliphatic heterocycles. The predicted molar refractivity (Wildman–Crippen MR) is 122 cm³/mol. The summed E-state index contributed by atoms with van der Waals surface area (Å²) in [5, 5.41) is 4.47. The van der Waals surface area contributed by atoms with E-state index in [1.807, 2.05) is 54.7 Å². The number of benzene rings is 2. The van der Waals surface area contributed by atoms with Crippen LogP contribution < -0.4 is 10.1 Å². The second kappa shape index (κ2) is 9.90. The summed E-state index contributed by atoms with van der Waals surface area (Å²) in [7, 11) is 0. The summed E-state index contributed by atoms with van der Waals surface area (Å²) in [5.41, 5.74) is 4.29. The lowest BCUT2D eigenvalue weighted by Gasteiger charge is -2.08. The van der Waals surface area contributed by atoms with Crippen molar-refractivity contribution in [2.75, 3.05) is 13.2 Å². The van der Waals surface area contributed by atoms with Gasteiger partial charge in [-0.15, -0.1) is 0 Å². The van der Waals surface area contributed by atoms with Gasteiger partial charge in [-0.25, -0.2) is 0 Å². The summed E-state index contributed by atoms with van der Waals surface area (Å²) < 4.78 is 12.2. The van der Waals surface area contributed by atoms with Crippen LogP contribution in [0.1, 0.15) is 28.9 Å². The molecule has 2 aromatic carbocycles. The number of fused-ring (bicyclic) bond motifs is 1. The Bertz CT molecular complexity index is 1100. The van der Waals surface area contributed by atoms with Gasteiger partial charge in [0.25, 0.3) is 0 Å². The van der Waals surface area contributed by atoms with Crippen molar-refractivity contribution >= 4 is 23.1 Å². The van der Waals surface area contributed by atoms with E-state index in [1.165, 1.54) is 5.56 Å². The van der Waals surface area contributed by atoms with Crippen molar-refractivity contribution in [1.82, 2.24) is 10.3 Å². The largest absolute Gasteiger partial charge is 0.493 e. The number of hydrogen-bond acceptors (Lipinski definition) is 4. The summed E-state index contributed by atoms with van der Waals surface area (Å²) in [5.74, 6) is 1.74. The van der Waals surface area contributed by atoms with Crippen molar-refractivity contribution in [2.45, 2.75) is 19.9 Å². The number of furan rings is 1. The zero-order valence-corrected chi connectivity index (χ0v) is 17.2. The Morgan fingerprint density at radius 3 is 2.73 bits per heavy atom. The van der Waals surface area contributed by atoms with Crippen LogP contribution in [-0.4, -0.2) is 18.1 Å². The Labute approximate surface area is 177 Å². The smallest absolute Gasteiger partial charge is 0.138 e. The lowest BCUT2D eigenvalue weighted by molar-refractivity contribution is 0.311. The quantitative estimate of drug-likeness (QED) is 0.359. The van der Waals surface area contributed by atoms with Crippen molar-refractivity contribution in [3.05, 3.63) is 95.5 Å². The van der Waals surface area contributed by atoms with Crippen molar-refractivity contribution in [1.29, 1.82) is 0 Å². The molecule has 4 heteroatoms. The molecule has 4 nitrogen and oxygen atoms in total. The van der Waals surface area contributed by atoms with Crippen LogP contribution in [0.15, 0.2) is 77.5 Å². The predicted octanol–water partition coefficient (Wildman–Crippen LogP) is 5.87. The molecular weight excluding hydrogens is 372 g/mol. The molecule has 0 fully saturated rings. The molecule has 4 rings (SSSR count). The third-order valence-corrected chi connectivity index (χ3v) is 4.99. The van der Waals surface area contributed by atoms with Gasteiger partial charge in [0.2, 0.25) is 0 Å². The van der Waals surface area contributed by atoms with E-state index < -0.39 is 0 Å². The van der Waals surface area contributed by atoms with Crippen molar-refractivity contribution in [2.24, 2.45) is 0 Å². The molecule has 4 aromatic rings. The molecule has 0 amide bonds. The molecule has 1 N–H and O–H groups in total. The number of nitrogens with zero attached hydrogens (tertiary/aromatic N) is 1. The first-order valence-corrected chi connectivity index (χ1v) is 10.3. The molecule has 0 aliphatic rings. The van der Waals surface area contributed by atoms with Crippen LogP contribution >= 0.6 is 0 Å². The first kappa shape index (κ1) is 19.9. The summed E-state index contributed by atoms with van der Waals surface area (Å²) >= 11 is 0. The van der Waals surface area contributed by atoms with Crippen LogP contribution in [0.3, 0.4) is 0 Å². The van der Waals surface area contributed by atoms with Crippen LogP contribution in [0.2, 0.25) is 0 Å². The fourth-order valence-electron chi connectivity index (χ4n) is 3.41. The fourth-order valence-corrected chi connectivity index (χ4v) is 3.41. The molecule has 2 heterocycles. The first-order chi connectivity index (χ1) is 14.8. The van der Waals surface area contributed by atoms with Gasteiger partial charge >= 0.3 is 0 Å². The number of aryl methyl sites for hydroxylation is 1. The van der Waals surface area contributed by atoms with Gasteiger partial charge in [-0.1, -0.05) is 48.5 Å². The Hall–Kier alpha value is -3.37. The molecule has 0 atom stereocenters. The van der Waals surface area contributed by atoms with E-state index in [4.69, 9.17) is 9.15 Å². The molecule has 0 radical (unpaired) electrons. The highest BCUT2D eigenvalue weighted by atomic mass is 16.5. The Kier molecular flexibility index (Phi) is 6.58. The zero-order chi connectivity index (χ0) is 20.6. The van der Waals surface area contributed by atoms with Gasteiger partial charge in [-0.3, -0.25) is 4.98 Å². The van der Waals surface area contributed by atoms with Gasteiger partial charge in [0, 0.05) is 24.5 Å². The normalized spacial score (nSPS) is 11.4. The van der Waals surface area contributed by atoms with Gasteiger partial charge in [0.1, 0.15) is 17.1 Å². The summed E-state index contributed by atoms with van der Waals surface area (Å²) in [4.78, 5) is 4.13. The third kappa shape index (κ3) is 4.97. The molecule has 2 aromatic heterocycles. The lowest BCUT2D eigenvalue weighted by atomic mass is 10.1. The van der Waals surface area contributed by atoms with Crippen LogP contribution in [0, 0.1) is 6.92 Å². The molecule has 0 unspecified atom stereocenters. The third-order valence-electron chi connectivity index (χ3n) is 4.99. The average molecular weight is 399 g/mol. The zero-order valence-electron chi connectivity index (χ0n) is 17.2. The Morgan fingerprint density at radius 2 is 1.90 bits per heavy atom. The van der Waals surface area contributed by atoms with Crippen LogP contribution in [0.25, 0.3) is 23.1 Å². The van der Waals surface area contributed by atoms with Crippen LogP contribution in [0.4, 0.5) is 0 Å². The monoisotopic (exact) mass is 398 g/mol. The van der Waals surface area contributed by atoms with Crippen LogP contribution in [0.5, 0.6) is 5.75 Å². The summed E-state index contributed by atoms with van der Waals surface area (Å²) in [6.07, 6.45) is 8.69. The highest BCUT2D eigenvalue weighted by molar-refractivity contribution is 5.91. The van der Waals surface area contributed by atoms with Crippen molar-refractivity contribution in [3.8, 4) is 5.75 Å². The maximum absolute atomic E-state index is 6.09. The van der Waals surface area contributed by atoms with Gasteiger partial charge in [-0.2, -0.15) is 0 Å². The van der Waals surface area contributed by atoms with Gasteiger partial charge < -0.3 is 14.5 Å². The Balaban J connectivity index is 1.36. The number of aromatic nitrogens is 1. The molecule has 0 spiro atoms. The van der Waals surface area contributed by atoms with E-state index >= 15 is 0 Å². The maximum Gasteiger partial charge on any atom is 0.138 e. The lowest BCUT2D eigenvalue weighted by Crippen LogP contribution is -2.17. The van der Waals surface area contributed by atoms with E-state index in [0.717, 1.165) is 53.1 Å². The van der Waals surface area contributed by atoms with Gasteiger partial charge in [-0.05, 0) is 55.3 Å².